The number of amides is 1. The SMILES string of the molecule is CC(C)(CC[C@H]1CC[C@@H](CN)CC1)OC(N)=O. The minimum absolute atomic E-state index is 0.434. The van der Waals surface area contributed by atoms with E-state index in [9.17, 15) is 4.79 Å². The average molecular weight is 242 g/mol. The minimum Gasteiger partial charge on any atom is -0.444 e. The van der Waals surface area contributed by atoms with Gasteiger partial charge in [-0.05, 0) is 57.9 Å². The van der Waals surface area contributed by atoms with E-state index in [2.05, 4.69) is 0 Å². The summed E-state index contributed by atoms with van der Waals surface area (Å²) in [6, 6.07) is 0. The summed E-state index contributed by atoms with van der Waals surface area (Å²) in [6.07, 6.45) is 6.33. The lowest BCUT2D eigenvalue weighted by atomic mass is 9.79. The summed E-state index contributed by atoms with van der Waals surface area (Å²) >= 11 is 0. The Bertz CT molecular complexity index is 246. The maximum Gasteiger partial charge on any atom is 0.405 e. The lowest BCUT2D eigenvalue weighted by Crippen LogP contribution is -2.32. The minimum atomic E-state index is -0.679. The largest absolute Gasteiger partial charge is 0.444 e. The predicted molar refractivity (Wildman–Crippen MR) is 68.5 cm³/mol. The van der Waals surface area contributed by atoms with Crippen molar-refractivity contribution in [1.82, 2.24) is 0 Å². The van der Waals surface area contributed by atoms with Crippen molar-refractivity contribution >= 4 is 6.09 Å². The molecule has 100 valence electrons. The van der Waals surface area contributed by atoms with Gasteiger partial charge in [-0.15, -0.1) is 0 Å². The number of carbonyl (C=O) groups is 1. The quantitative estimate of drug-likeness (QED) is 0.777. The molecule has 0 aromatic carbocycles. The van der Waals surface area contributed by atoms with Crippen LogP contribution in [0, 0.1) is 11.8 Å². The van der Waals surface area contributed by atoms with Gasteiger partial charge in [0.1, 0.15) is 5.60 Å². The van der Waals surface area contributed by atoms with E-state index in [4.69, 9.17) is 16.2 Å². The first-order chi connectivity index (χ1) is 7.93. The maximum atomic E-state index is 10.7. The number of ether oxygens (including phenoxy) is 1. The normalized spacial score (nSPS) is 25.6. The topological polar surface area (TPSA) is 78.3 Å². The van der Waals surface area contributed by atoms with Gasteiger partial charge >= 0.3 is 6.09 Å². The molecule has 1 aliphatic rings. The molecule has 0 spiro atoms. The van der Waals surface area contributed by atoms with Crippen LogP contribution in [0.5, 0.6) is 0 Å². The van der Waals surface area contributed by atoms with E-state index in [-0.39, 0.29) is 0 Å². The Morgan fingerprint density at radius 3 is 2.24 bits per heavy atom. The van der Waals surface area contributed by atoms with E-state index in [0.717, 1.165) is 31.2 Å². The van der Waals surface area contributed by atoms with E-state index in [0.29, 0.717) is 0 Å². The second kappa shape index (κ2) is 6.24. The van der Waals surface area contributed by atoms with E-state index in [1.807, 2.05) is 13.8 Å². The molecule has 1 saturated carbocycles. The maximum absolute atomic E-state index is 10.7. The molecule has 4 N–H and O–H groups in total. The highest BCUT2D eigenvalue weighted by atomic mass is 16.6. The third-order valence-electron chi connectivity index (χ3n) is 3.83. The van der Waals surface area contributed by atoms with Crippen molar-refractivity contribution in [2.45, 2.75) is 58.0 Å². The number of hydrogen-bond donors (Lipinski definition) is 2. The van der Waals surface area contributed by atoms with Crippen molar-refractivity contribution in [3.8, 4) is 0 Å². The van der Waals surface area contributed by atoms with Crippen molar-refractivity contribution < 1.29 is 9.53 Å². The predicted octanol–water partition coefficient (Wildman–Crippen LogP) is 2.41. The highest BCUT2D eigenvalue weighted by Crippen LogP contribution is 2.33. The third-order valence-corrected chi connectivity index (χ3v) is 3.83. The first-order valence-corrected chi connectivity index (χ1v) is 6.61. The average Bonchev–Trinajstić information content (AvgIpc) is 2.25. The standard InChI is InChI=1S/C13H26N2O2/c1-13(2,17-12(15)16)8-7-10-3-5-11(9-14)6-4-10/h10-11H,3-9,14H2,1-2H3,(H2,15,16)/t10-,11+. The van der Waals surface area contributed by atoms with Gasteiger partial charge in [0.15, 0.2) is 0 Å². The fraction of sp³-hybridized carbons (Fsp3) is 0.923. The molecule has 1 rings (SSSR count). The Balaban J connectivity index is 2.25. The molecular weight excluding hydrogens is 216 g/mol. The number of carbonyl (C=O) groups excluding carboxylic acids is 1. The molecular formula is C13H26N2O2. The van der Waals surface area contributed by atoms with E-state index >= 15 is 0 Å². The number of nitrogens with two attached hydrogens (primary N) is 2. The van der Waals surface area contributed by atoms with Crippen molar-refractivity contribution in [2.24, 2.45) is 23.3 Å². The second-order valence-corrected chi connectivity index (χ2v) is 5.84. The van der Waals surface area contributed by atoms with Crippen LogP contribution in [0.4, 0.5) is 4.79 Å². The first-order valence-electron chi connectivity index (χ1n) is 6.61. The fourth-order valence-corrected chi connectivity index (χ4v) is 2.63. The van der Waals surface area contributed by atoms with Crippen molar-refractivity contribution in [2.75, 3.05) is 6.54 Å². The fourth-order valence-electron chi connectivity index (χ4n) is 2.63. The first kappa shape index (κ1) is 14.3. The summed E-state index contributed by atoms with van der Waals surface area (Å²) in [5, 5.41) is 0. The van der Waals surface area contributed by atoms with Crippen molar-refractivity contribution in [1.29, 1.82) is 0 Å². The molecule has 1 amide bonds. The molecule has 0 aromatic rings. The van der Waals surface area contributed by atoms with Gasteiger partial charge in [-0.3, -0.25) is 0 Å². The zero-order valence-electron chi connectivity index (χ0n) is 11.1. The van der Waals surface area contributed by atoms with Crippen LogP contribution in [0.15, 0.2) is 0 Å². The smallest absolute Gasteiger partial charge is 0.405 e. The van der Waals surface area contributed by atoms with Crippen molar-refractivity contribution in [3.05, 3.63) is 0 Å². The van der Waals surface area contributed by atoms with E-state index in [1.54, 1.807) is 0 Å². The van der Waals surface area contributed by atoms with Crippen LogP contribution in [-0.4, -0.2) is 18.2 Å². The molecule has 0 aliphatic heterocycles. The van der Waals surface area contributed by atoms with Crippen LogP contribution >= 0.6 is 0 Å². The molecule has 0 unspecified atom stereocenters. The molecule has 1 fully saturated rings. The van der Waals surface area contributed by atoms with Gasteiger partial charge in [-0.2, -0.15) is 0 Å². The Hall–Kier alpha value is -0.770. The van der Waals surface area contributed by atoms with Gasteiger partial charge in [0.05, 0.1) is 0 Å². The van der Waals surface area contributed by atoms with Gasteiger partial charge in [-0.1, -0.05) is 12.8 Å². The van der Waals surface area contributed by atoms with Crippen LogP contribution in [0.2, 0.25) is 0 Å². The number of hydrogen-bond acceptors (Lipinski definition) is 3. The molecule has 17 heavy (non-hydrogen) atoms. The van der Waals surface area contributed by atoms with Crippen LogP contribution in [-0.2, 0) is 4.74 Å². The van der Waals surface area contributed by atoms with Crippen LogP contribution in [0.3, 0.4) is 0 Å². The molecule has 0 bridgehead atoms. The van der Waals surface area contributed by atoms with E-state index < -0.39 is 11.7 Å². The van der Waals surface area contributed by atoms with Gasteiger partial charge in [0, 0.05) is 0 Å². The highest BCUT2D eigenvalue weighted by Gasteiger charge is 2.25. The molecule has 0 atom stereocenters. The molecule has 0 saturated heterocycles. The zero-order valence-corrected chi connectivity index (χ0v) is 11.1. The summed E-state index contributed by atoms with van der Waals surface area (Å²) in [5.74, 6) is 1.48. The van der Waals surface area contributed by atoms with E-state index in [1.165, 1.54) is 25.7 Å². The second-order valence-electron chi connectivity index (χ2n) is 5.84. The van der Waals surface area contributed by atoms with Gasteiger partial charge in [-0.25, -0.2) is 4.79 Å². The highest BCUT2D eigenvalue weighted by molar-refractivity contribution is 5.65. The lowest BCUT2D eigenvalue weighted by Gasteiger charge is -2.30. The molecule has 0 aromatic heterocycles. The number of primary amides is 1. The molecule has 0 radical (unpaired) electrons. The monoisotopic (exact) mass is 242 g/mol. The molecule has 4 heteroatoms. The summed E-state index contributed by atoms with van der Waals surface area (Å²) < 4.78 is 5.09. The van der Waals surface area contributed by atoms with Crippen LogP contribution < -0.4 is 11.5 Å². The number of rotatable bonds is 5. The summed E-state index contributed by atoms with van der Waals surface area (Å²) in [4.78, 5) is 10.7. The molecule has 1 aliphatic carbocycles. The van der Waals surface area contributed by atoms with Gasteiger partial charge in [0.25, 0.3) is 0 Å². The summed E-state index contributed by atoms with van der Waals surface area (Å²) in [5.41, 5.74) is 10.3. The third kappa shape index (κ3) is 5.39. The summed E-state index contributed by atoms with van der Waals surface area (Å²) in [6.45, 7) is 4.66. The lowest BCUT2D eigenvalue weighted by molar-refractivity contribution is 0.0323. The molecule has 4 nitrogen and oxygen atoms in total. The van der Waals surface area contributed by atoms with Crippen LogP contribution in [0.1, 0.15) is 52.4 Å². The Kier molecular flexibility index (Phi) is 5.25. The Morgan fingerprint density at radius 1 is 1.24 bits per heavy atom. The van der Waals surface area contributed by atoms with Crippen molar-refractivity contribution in [3.63, 3.8) is 0 Å². The zero-order chi connectivity index (χ0) is 12.9. The Labute approximate surface area is 104 Å². The van der Waals surface area contributed by atoms with Crippen LogP contribution in [0.25, 0.3) is 0 Å². The summed E-state index contributed by atoms with van der Waals surface area (Å²) in [7, 11) is 0. The Morgan fingerprint density at radius 2 is 1.76 bits per heavy atom. The van der Waals surface area contributed by atoms with Gasteiger partial charge < -0.3 is 16.2 Å². The molecule has 0 heterocycles. The van der Waals surface area contributed by atoms with Gasteiger partial charge in [0.2, 0.25) is 0 Å².